The number of nitrogens with one attached hydrogen (secondary N) is 1. The smallest absolute Gasteiger partial charge is 0.0604 e. The molecular formula is C21H26N4. The Labute approximate surface area is 149 Å². The molecule has 0 aliphatic carbocycles. The van der Waals surface area contributed by atoms with Gasteiger partial charge >= 0.3 is 0 Å². The van der Waals surface area contributed by atoms with E-state index in [1.165, 1.54) is 27.7 Å². The van der Waals surface area contributed by atoms with Crippen LogP contribution in [0.1, 0.15) is 48.0 Å². The van der Waals surface area contributed by atoms with Gasteiger partial charge in [-0.25, -0.2) is 0 Å². The van der Waals surface area contributed by atoms with Crippen molar-refractivity contribution in [1.29, 1.82) is 0 Å². The first-order valence-corrected chi connectivity index (χ1v) is 9.25. The third-order valence-corrected chi connectivity index (χ3v) is 5.24. The van der Waals surface area contributed by atoms with Crippen LogP contribution in [0.2, 0.25) is 0 Å². The molecule has 1 aliphatic heterocycles. The number of nitrogens with zero attached hydrogens (tertiary/aromatic N) is 3. The highest BCUT2D eigenvalue weighted by atomic mass is 15.0. The van der Waals surface area contributed by atoms with Gasteiger partial charge < -0.3 is 9.88 Å². The molecule has 4 heteroatoms. The van der Waals surface area contributed by atoms with Crippen LogP contribution in [0.4, 0.5) is 0 Å². The largest absolute Gasteiger partial charge is 0.344 e. The molecule has 0 unspecified atom stereocenters. The summed E-state index contributed by atoms with van der Waals surface area (Å²) >= 11 is 0. The van der Waals surface area contributed by atoms with Crippen molar-refractivity contribution in [3.8, 4) is 0 Å². The zero-order valence-electron chi connectivity index (χ0n) is 15.3. The topological polar surface area (TPSA) is 42.7 Å². The molecule has 4 rings (SSSR count). The summed E-state index contributed by atoms with van der Waals surface area (Å²) in [5.41, 5.74) is 7.79. The first-order valence-electron chi connectivity index (χ1n) is 9.25. The predicted octanol–water partition coefficient (Wildman–Crippen LogP) is 3.75. The van der Waals surface area contributed by atoms with E-state index in [1.54, 1.807) is 0 Å². The third kappa shape index (κ3) is 3.07. The molecule has 0 fully saturated rings. The Morgan fingerprint density at radius 2 is 2.08 bits per heavy atom. The number of aromatic nitrogens is 3. The molecule has 0 amide bonds. The molecule has 1 aliphatic rings. The number of rotatable bonds is 4. The fourth-order valence-corrected chi connectivity index (χ4v) is 3.79. The van der Waals surface area contributed by atoms with Crippen LogP contribution >= 0.6 is 0 Å². The summed E-state index contributed by atoms with van der Waals surface area (Å²) in [4.78, 5) is 8.90. The fourth-order valence-electron chi connectivity index (χ4n) is 3.79. The molecule has 0 saturated carbocycles. The molecule has 1 aromatic carbocycles. The minimum atomic E-state index is 0.558. The zero-order valence-corrected chi connectivity index (χ0v) is 15.3. The Bertz CT molecular complexity index is 890. The summed E-state index contributed by atoms with van der Waals surface area (Å²) in [5, 5.41) is 4.96. The van der Waals surface area contributed by atoms with E-state index >= 15 is 0 Å². The maximum absolute atomic E-state index is 4.52. The molecule has 25 heavy (non-hydrogen) atoms. The number of hydrogen-bond acceptors (Lipinski definition) is 3. The van der Waals surface area contributed by atoms with Crippen LogP contribution in [-0.2, 0) is 25.9 Å². The molecule has 0 bridgehead atoms. The monoisotopic (exact) mass is 334 g/mol. The van der Waals surface area contributed by atoms with Crippen molar-refractivity contribution >= 4 is 10.9 Å². The second-order valence-corrected chi connectivity index (χ2v) is 7.33. The molecule has 130 valence electrons. The Balaban J connectivity index is 1.73. The summed E-state index contributed by atoms with van der Waals surface area (Å²) in [6, 6.07) is 6.99. The van der Waals surface area contributed by atoms with Crippen molar-refractivity contribution in [2.45, 2.75) is 52.6 Å². The van der Waals surface area contributed by atoms with Gasteiger partial charge in [0.05, 0.1) is 11.4 Å². The molecule has 3 heterocycles. The summed E-state index contributed by atoms with van der Waals surface area (Å²) in [7, 11) is 0. The number of aryl methyl sites for hydroxylation is 3. The summed E-state index contributed by atoms with van der Waals surface area (Å²) in [5.74, 6) is 0.558. The number of hydrogen-bond donors (Lipinski definition) is 1. The quantitative estimate of drug-likeness (QED) is 0.790. The molecule has 0 spiro atoms. The molecule has 0 atom stereocenters. The Morgan fingerprint density at radius 3 is 2.84 bits per heavy atom. The van der Waals surface area contributed by atoms with Crippen LogP contribution < -0.4 is 5.32 Å². The maximum atomic E-state index is 4.52. The third-order valence-electron chi connectivity index (χ3n) is 5.24. The average molecular weight is 334 g/mol. The van der Waals surface area contributed by atoms with Gasteiger partial charge in [-0.3, -0.25) is 9.97 Å². The van der Waals surface area contributed by atoms with Crippen LogP contribution in [0.3, 0.4) is 0 Å². The van der Waals surface area contributed by atoms with Gasteiger partial charge in [0.1, 0.15) is 0 Å². The highest BCUT2D eigenvalue weighted by molar-refractivity contribution is 5.86. The van der Waals surface area contributed by atoms with Gasteiger partial charge in [0.15, 0.2) is 0 Å². The minimum absolute atomic E-state index is 0.558. The van der Waals surface area contributed by atoms with Crippen molar-refractivity contribution < 1.29 is 0 Å². The van der Waals surface area contributed by atoms with E-state index in [-0.39, 0.29) is 0 Å². The number of benzene rings is 1. The van der Waals surface area contributed by atoms with E-state index in [1.807, 2.05) is 19.3 Å². The van der Waals surface area contributed by atoms with E-state index < -0.39 is 0 Å². The molecule has 1 N–H and O–H groups in total. The molecule has 3 aromatic rings. The van der Waals surface area contributed by atoms with Crippen LogP contribution in [-0.4, -0.2) is 21.1 Å². The van der Waals surface area contributed by atoms with E-state index in [2.05, 4.69) is 51.9 Å². The van der Waals surface area contributed by atoms with Crippen molar-refractivity contribution in [1.82, 2.24) is 19.9 Å². The van der Waals surface area contributed by atoms with Crippen LogP contribution in [0, 0.1) is 6.92 Å². The van der Waals surface area contributed by atoms with Crippen LogP contribution in [0.15, 0.2) is 30.6 Å². The van der Waals surface area contributed by atoms with Gasteiger partial charge in [0, 0.05) is 61.5 Å². The molecule has 0 radical (unpaired) electrons. The first-order chi connectivity index (χ1) is 12.1. The van der Waals surface area contributed by atoms with Crippen molar-refractivity contribution in [2.24, 2.45) is 0 Å². The Kier molecular flexibility index (Phi) is 4.30. The summed E-state index contributed by atoms with van der Waals surface area (Å²) < 4.78 is 2.51. The standard InChI is InChI=1S/C21H26N4/c1-14(2)16-4-5-20-18(10-16)19-13-22-8-6-21(19)25(20)9-7-17-12-23-15(3)11-24-17/h4-5,10-12,14,22H,6-9,13H2,1-3H3. The van der Waals surface area contributed by atoms with Gasteiger partial charge in [-0.2, -0.15) is 0 Å². The van der Waals surface area contributed by atoms with E-state index in [4.69, 9.17) is 0 Å². The molecular weight excluding hydrogens is 308 g/mol. The van der Waals surface area contributed by atoms with Crippen LogP contribution in [0.5, 0.6) is 0 Å². The average Bonchev–Trinajstić information content (AvgIpc) is 2.94. The van der Waals surface area contributed by atoms with Gasteiger partial charge in [-0.1, -0.05) is 19.9 Å². The summed E-state index contributed by atoms with van der Waals surface area (Å²) in [6.07, 6.45) is 5.78. The van der Waals surface area contributed by atoms with Crippen molar-refractivity contribution in [2.75, 3.05) is 6.54 Å². The SMILES string of the molecule is Cc1cnc(CCn2c3c(c4cc(C(C)C)ccc42)CNCC3)cn1. The van der Waals surface area contributed by atoms with Crippen LogP contribution in [0.25, 0.3) is 10.9 Å². The minimum Gasteiger partial charge on any atom is -0.344 e. The molecule has 4 nitrogen and oxygen atoms in total. The second-order valence-electron chi connectivity index (χ2n) is 7.33. The highest BCUT2D eigenvalue weighted by Crippen LogP contribution is 2.31. The van der Waals surface area contributed by atoms with Gasteiger partial charge in [0.25, 0.3) is 0 Å². The van der Waals surface area contributed by atoms with E-state index in [0.717, 1.165) is 43.9 Å². The lowest BCUT2D eigenvalue weighted by Gasteiger charge is -2.17. The van der Waals surface area contributed by atoms with E-state index in [0.29, 0.717) is 5.92 Å². The first kappa shape index (κ1) is 16.3. The lowest BCUT2D eigenvalue weighted by molar-refractivity contribution is 0.592. The molecule has 2 aromatic heterocycles. The lowest BCUT2D eigenvalue weighted by atomic mass is 9.99. The zero-order chi connectivity index (χ0) is 17.4. The Morgan fingerprint density at radius 1 is 1.20 bits per heavy atom. The van der Waals surface area contributed by atoms with Crippen molar-refractivity contribution in [3.63, 3.8) is 0 Å². The van der Waals surface area contributed by atoms with Crippen molar-refractivity contribution in [3.05, 3.63) is 58.8 Å². The fraction of sp³-hybridized carbons (Fsp3) is 0.429. The lowest BCUT2D eigenvalue weighted by Crippen LogP contribution is -2.25. The second kappa shape index (κ2) is 6.60. The summed E-state index contributed by atoms with van der Waals surface area (Å²) in [6.45, 7) is 9.50. The van der Waals surface area contributed by atoms with Gasteiger partial charge in [-0.05, 0) is 36.1 Å². The number of fused-ring (bicyclic) bond motifs is 3. The predicted molar refractivity (Wildman–Crippen MR) is 102 cm³/mol. The Hall–Kier alpha value is -2.20. The maximum Gasteiger partial charge on any atom is 0.0604 e. The normalized spacial score (nSPS) is 14.2. The molecule has 0 saturated heterocycles. The highest BCUT2D eigenvalue weighted by Gasteiger charge is 2.20. The van der Waals surface area contributed by atoms with Gasteiger partial charge in [0.2, 0.25) is 0 Å². The van der Waals surface area contributed by atoms with E-state index in [9.17, 15) is 0 Å². The van der Waals surface area contributed by atoms with Gasteiger partial charge in [-0.15, -0.1) is 0 Å².